The van der Waals surface area contributed by atoms with Crippen LogP contribution < -0.4 is 10.6 Å². The molecule has 0 amide bonds. The number of esters is 1. The van der Waals surface area contributed by atoms with Gasteiger partial charge < -0.3 is 15.4 Å². The molecule has 1 aliphatic heterocycles. The Morgan fingerprint density at radius 1 is 1.43 bits per heavy atom. The van der Waals surface area contributed by atoms with Crippen LogP contribution in [0.1, 0.15) is 12.5 Å². The molecule has 2 rings (SSSR count). The third-order valence-corrected chi connectivity index (χ3v) is 4.33. The van der Waals surface area contributed by atoms with E-state index in [1.54, 1.807) is 25.3 Å². The Kier molecular flexibility index (Phi) is 5.08. The highest BCUT2D eigenvalue weighted by Crippen LogP contribution is 2.15. The first kappa shape index (κ1) is 15.7. The van der Waals surface area contributed by atoms with Crippen LogP contribution >= 0.6 is 12.2 Å². The first-order valence-electron chi connectivity index (χ1n) is 6.32. The molecule has 1 aliphatic rings. The largest absolute Gasteiger partial charge is 0.457 e. The quantitative estimate of drug-likeness (QED) is 0.641. The minimum absolute atomic E-state index is 0.0931. The summed E-state index contributed by atoms with van der Waals surface area (Å²) in [5, 5.41) is 6.27. The van der Waals surface area contributed by atoms with Crippen LogP contribution in [0.4, 0.5) is 0 Å². The highest BCUT2D eigenvalue weighted by molar-refractivity contribution is 7.84. The third kappa shape index (κ3) is 3.89. The zero-order chi connectivity index (χ0) is 15.4. The van der Waals surface area contributed by atoms with Gasteiger partial charge in [-0.3, -0.25) is 4.21 Å². The maximum atomic E-state index is 12.1. The minimum Gasteiger partial charge on any atom is -0.457 e. The molecule has 0 radical (unpaired) electrons. The summed E-state index contributed by atoms with van der Waals surface area (Å²) in [5.74, 6) is -0.410. The van der Waals surface area contributed by atoms with Gasteiger partial charge >= 0.3 is 5.97 Å². The number of nitrogens with one attached hydrogen (secondary N) is 2. The van der Waals surface area contributed by atoms with Crippen molar-refractivity contribution < 1.29 is 13.7 Å². The number of hydrogen-bond acceptors (Lipinski definition) is 4. The topological polar surface area (TPSA) is 67.4 Å². The fourth-order valence-electron chi connectivity index (χ4n) is 1.95. The molecule has 0 fully saturated rings. The molecule has 21 heavy (non-hydrogen) atoms. The Morgan fingerprint density at radius 3 is 2.81 bits per heavy atom. The van der Waals surface area contributed by atoms with Crippen molar-refractivity contribution in [3.63, 3.8) is 0 Å². The molecule has 0 aliphatic carbocycles. The number of allylic oxidation sites excluding steroid dienone is 1. The van der Waals surface area contributed by atoms with Crippen LogP contribution in [0.3, 0.4) is 0 Å². The van der Waals surface area contributed by atoms with E-state index in [1.165, 1.54) is 0 Å². The fraction of sp³-hybridized carbons (Fsp3) is 0.286. The lowest BCUT2D eigenvalue weighted by molar-refractivity contribution is -0.140. The summed E-state index contributed by atoms with van der Waals surface area (Å²) in [5.41, 5.74) is 1.95. The second kappa shape index (κ2) is 6.82. The van der Waals surface area contributed by atoms with Gasteiger partial charge in [0.15, 0.2) is 5.11 Å². The summed E-state index contributed by atoms with van der Waals surface area (Å²) in [6, 6.07) is 7.21. The lowest BCUT2D eigenvalue weighted by Gasteiger charge is -2.21. The zero-order valence-corrected chi connectivity index (χ0v) is 13.4. The average molecular weight is 324 g/mol. The van der Waals surface area contributed by atoms with E-state index in [0.29, 0.717) is 27.8 Å². The molecular weight excluding hydrogens is 308 g/mol. The molecule has 0 saturated carbocycles. The number of rotatable bonds is 4. The normalized spacial score (nSPS) is 16.0. The van der Waals surface area contributed by atoms with Crippen molar-refractivity contribution in [1.29, 1.82) is 0 Å². The van der Waals surface area contributed by atoms with Gasteiger partial charge in [-0.05, 0) is 25.2 Å². The molecule has 7 heteroatoms. The van der Waals surface area contributed by atoms with Gasteiger partial charge in [-0.25, -0.2) is 4.79 Å². The smallest absolute Gasteiger partial charge is 0.337 e. The van der Waals surface area contributed by atoms with Gasteiger partial charge in [0.25, 0.3) is 0 Å². The number of ether oxygens (including phenoxy) is 1. The molecule has 5 nitrogen and oxygen atoms in total. The fourth-order valence-corrected chi connectivity index (χ4v) is 2.94. The van der Waals surface area contributed by atoms with E-state index >= 15 is 0 Å². The second-order valence-electron chi connectivity index (χ2n) is 4.55. The standard InChI is InChI=1S/C14H16N2O3S2/c1-9-11(7-15-14(20)16-9)13(17)19-8-10-5-3-4-6-12(10)21(2)18/h3-6H,7-8H2,1-2H3,(H2,15,16,20). The molecule has 0 spiro atoms. The number of carbonyl (C=O) groups excluding carboxylic acids is 1. The lowest BCUT2D eigenvalue weighted by Crippen LogP contribution is -2.42. The van der Waals surface area contributed by atoms with Crippen LogP contribution in [-0.2, 0) is 26.9 Å². The van der Waals surface area contributed by atoms with Crippen molar-refractivity contribution in [3.05, 3.63) is 41.1 Å². The van der Waals surface area contributed by atoms with Gasteiger partial charge in [0.05, 0.1) is 22.9 Å². The Labute approximate surface area is 131 Å². The Balaban J connectivity index is 2.07. The summed E-state index contributed by atoms with van der Waals surface area (Å²) in [6.45, 7) is 2.21. The van der Waals surface area contributed by atoms with Gasteiger partial charge in [0, 0.05) is 22.4 Å². The van der Waals surface area contributed by atoms with Crippen LogP contribution in [0.2, 0.25) is 0 Å². The van der Waals surface area contributed by atoms with Gasteiger partial charge in [0.2, 0.25) is 0 Å². The maximum absolute atomic E-state index is 12.1. The van der Waals surface area contributed by atoms with E-state index in [4.69, 9.17) is 17.0 Å². The second-order valence-corrected chi connectivity index (χ2v) is 6.31. The number of hydrogen-bond donors (Lipinski definition) is 2. The molecule has 1 atom stereocenters. The molecule has 1 unspecified atom stereocenters. The van der Waals surface area contributed by atoms with Crippen molar-refractivity contribution in [2.24, 2.45) is 0 Å². The third-order valence-electron chi connectivity index (χ3n) is 3.07. The first-order valence-corrected chi connectivity index (χ1v) is 8.28. The van der Waals surface area contributed by atoms with Crippen LogP contribution in [0.15, 0.2) is 40.4 Å². The predicted molar refractivity (Wildman–Crippen MR) is 85.0 cm³/mol. The van der Waals surface area contributed by atoms with Crippen molar-refractivity contribution in [1.82, 2.24) is 10.6 Å². The summed E-state index contributed by atoms with van der Waals surface area (Å²) in [4.78, 5) is 12.8. The predicted octanol–water partition coefficient (Wildman–Crippen LogP) is 1.22. The van der Waals surface area contributed by atoms with Crippen molar-refractivity contribution in [2.75, 3.05) is 12.8 Å². The highest BCUT2D eigenvalue weighted by atomic mass is 32.2. The molecule has 1 heterocycles. The minimum atomic E-state index is -1.12. The molecule has 1 aromatic rings. The van der Waals surface area contributed by atoms with E-state index in [-0.39, 0.29) is 6.61 Å². The average Bonchev–Trinajstić information content (AvgIpc) is 2.45. The van der Waals surface area contributed by atoms with Gasteiger partial charge in [0.1, 0.15) is 6.61 Å². The van der Waals surface area contributed by atoms with E-state index in [9.17, 15) is 9.00 Å². The first-order chi connectivity index (χ1) is 9.99. The monoisotopic (exact) mass is 324 g/mol. The lowest BCUT2D eigenvalue weighted by atomic mass is 10.2. The van der Waals surface area contributed by atoms with E-state index in [2.05, 4.69) is 10.6 Å². The summed E-state index contributed by atoms with van der Waals surface area (Å²) in [7, 11) is -1.12. The SMILES string of the molecule is CC1=C(C(=O)OCc2ccccc2S(C)=O)CNC(=S)N1. The van der Waals surface area contributed by atoms with Crippen LogP contribution in [0, 0.1) is 0 Å². The van der Waals surface area contributed by atoms with Crippen molar-refractivity contribution in [3.8, 4) is 0 Å². The Hall–Kier alpha value is -1.73. The zero-order valence-electron chi connectivity index (χ0n) is 11.8. The molecule has 0 saturated heterocycles. The molecule has 112 valence electrons. The van der Waals surface area contributed by atoms with E-state index < -0.39 is 16.8 Å². The number of carbonyl (C=O) groups is 1. The van der Waals surface area contributed by atoms with E-state index in [0.717, 1.165) is 5.56 Å². The Morgan fingerprint density at radius 2 is 2.14 bits per heavy atom. The highest BCUT2D eigenvalue weighted by Gasteiger charge is 2.20. The maximum Gasteiger partial charge on any atom is 0.337 e. The van der Waals surface area contributed by atoms with Crippen LogP contribution in [0.25, 0.3) is 0 Å². The number of benzene rings is 1. The number of thiocarbonyl (C=S) groups is 1. The van der Waals surface area contributed by atoms with E-state index in [1.807, 2.05) is 12.1 Å². The van der Waals surface area contributed by atoms with Gasteiger partial charge in [-0.2, -0.15) is 0 Å². The molecule has 0 aromatic heterocycles. The van der Waals surface area contributed by atoms with Crippen molar-refractivity contribution in [2.45, 2.75) is 18.4 Å². The van der Waals surface area contributed by atoms with Gasteiger partial charge in [-0.1, -0.05) is 18.2 Å². The summed E-state index contributed by atoms with van der Waals surface area (Å²) in [6.07, 6.45) is 1.60. The molecule has 1 aromatic carbocycles. The van der Waals surface area contributed by atoms with Gasteiger partial charge in [-0.15, -0.1) is 0 Å². The summed E-state index contributed by atoms with van der Waals surface area (Å²) >= 11 is 4.97. The van der Waals surface area contributed by atoms with Crippen LogP contribution in [-0.4, -0.2) is 28.1 Å². The molecule has 0 bridgehead atoms. The van der Waals surface area contributed by atoms with Crippen molar-refractivity contribution >= 4 is 34.1 Å². The molecular formula is C14H16N2O3S2. The Bertz CT molecular complexity index is 641. The molecule has 2 N–H and O–H groups in total. The summed E-state index contributed by atoms with van der Waals surface area (Å²) < 4.78 is 16.9. The van der Waals surface area contributed by atoms with Crippen LogP contribution in [0.5, 0.6) is 0 Å².